The van der Waals surface area contributed by atoms with Crippen LogP contribution < -0.4 is 14.8 Å². The predicted molar refractivity (Wildman–Crippen MR) is 140 cm³/mol. The summed E-state index contributed by atoms with van der Waals surface area (Å²) < 4.78 is 71.7. The second-order valence-corrected chi connectivity index (χ2v) is 10.7. The molecule has 0 aliphatic carbocycles. The van der Waals surface area contributed by atoms with Gasteiger partial charge in [0, 0.05) is 34.9 Å². The van der Waals surface area contributed by atoms with Gasteiger partial charge in [0.05, 0.1) is 13.4 Å². The number of hydrogen-bond donors (Lipinski definition) is 2. The number of anilines is 2. The number of carbonyl (C=O) groups excluding carboxylic acids is 1. The summed E-state index contributed by atoms with van der Waals surface area (Å²) in [7, 11) is -2.68. The van der Waals surface area contributed by atoms with Crippen molar-refractivity contribution in [2.75, 3.05) is 18.7 Å². The third-order valence-corrected chi connectivity index (χ3v) is 6.06. The molecule has 3 aromatic heterocycles. The van der Waals surface area contributed by atoms with E-state index in [1.54, 1.807) is 0 Å². The zero-order valence-corrected chi connectivity index (χ0v) is 22.8. The van der Waals surface area contributed by atoms with Crippen LogP contribution in [-0.4, -0.2) is 52.4 Å². The highest BCUT2D eigenvalue weighted by Crippen LogP contribution is 2.33. The average Bonchev–Trinajstić information content (AvgIpc) is 3.24. The molecule has 0 unspecified atom stereocenters. The van der Waals surface area contributed by atoms with Gasteiger partial charge in [-0.2, -0.15) is 23.3 Å². The van der Waals surface area contributed by atoms with Gasteiger partial charge in [-0.1, -0.05) is 6.07 Å². The maximum atomic E-state index is 13.5. The number of rotatable bonds is 7. The molecule has 0 saturated heterocycles. The van der Waals surface area contributed by atoms with E-state index in [4.69, 9.17) is 4.74 Å². The lowest BCUT2D eigenvalue weighted by molar-refractivity contribution is -0.141. The minimum Gasteiger partial charge on any atom is -0.480 e. The molecule has 3 heterocycles. The van der Waals surface area contributed by atoms with Crippen molar-refractivity contribution < 1.29 is 31.1 Å². The van der Waals surface area contributed by atoms with Crippen LogP contribution in [-0.2, 0) is 16.2 Å². The first-order valence-corrected chi connectivity index (χ1v) is 13.5. The van der Waals surface area contributed by atoms with Gasteiger partial charge in [0.15, 0.2) is 11.5 Å². The van der Waals surface area contributed by atoms with Gasteiger partial charge < -0.3 is 10.1 Å². The number of sulfonamides is 1. The molecule has 0 saturated carbocycles. The quantitative estimate of drug-likeness (QED) is 0.333. The number of halogens is 3. The maximum absolute atomic E-state index is 13.5. The number of hydrogen-bond acceptors (Lipinski definition) is 9. The molecule has 0 spiro atoms. The third-order valence-electron chi connectivity index (χ3n) is 5.50. The van der Waals surface area contributed by atoms with Crippen LogP contribution in [0.2, 0.25) is 0 Å². The Morgan fingerprint density at radius 2 is 1.68 bits per heavy atom. The van der Waals surface area contributed by atoms with Crippen LogP contribution >= 0.6 is 0 Å². The zero-order chi connectivity index (χ0) is 29.4. The molecule has 0 aliphatic rings. The molecule has 0 atom stereocenters. The van der Waals surface area contributed by atoms with Gasteiger partial charge in [-0.05, 0) is 56.2 Å². The third kappa shape index (κ3) is 6.36. The number of aromatic nitrogens is 5. The Balaban J connectivity index is 1.90. The molecule has 0 radical (unpaired) electrons. The summed E-state index contributed by atoms with van der Waals surface area (Å²) in [5.41, 5.74) is 1.73. The molecule has 0 fully saturated rings. The van der Waals surface area contributed by atoms with Gasteiger partial charge in [-0.3, -0.25) is 4.79 Å². The highest BCUT2D eigenvalue weighted by Gasteiger charge is 2.35. The van der Waals surface area contributed by atoms with Crippen molar-refractivity contribution in [2.24, 2.45) is 0 Å². The van der Waals surface area contributed by atoms with E-state index in [0.29, 0.717) is 5.69 Å². The fourth-order valence-corrected chi connectivity index (χ4v) is 4.40. The van der Waals surface area contributed by atoms with Crippen molar-refractivity contribution in [3.05, 3.63) is 70.8 Å². The van der Waals surface area contributed by atoms with E-state index in [1.165, 1.54) is 32.5 Å². The Morgan fingerprint density at radius 1 is 1.00 bits per heavy atom. The van der Waals surface area contributed by atoms with Crippen LogP contribution in [0.15, 0.2) is 42.7 Å². The van der Waals surface area contributed by atoms with E-state index in [1.807, 2.05) is 36.8 Å². The molecule has 210 valence electrons. The molecular weight excluding hydrogens is 551 g/mol. The van der Waals surface area contributed by atoms with Crippen molar-refractivity contribution in [1.29, 1.82) is 0 Å². The van der Waals surface area contributed by atoms with Gasteiger partial charge in [-0.25, -0.2) is 27.8 Å². The smallest absolute Gasteiger partial charge is 0.435 e. The Hall–Kier alpha value is -4.53. The lowest BCUT2D eigenvalue weighted by Gasteiger charge is -2.15. The first kappa shape index (κ1) is 28.5. The number of carbonyl (C=O) groups is 1. The molecular formula is C25H24F3N7O4S. The second-order valence-electron chi connectivity index (χ2n) is 9.00. The van der Waals surface area contributed by atoms with Gasteiger partial charge in [-0.15, -0.1) is 0 Å². The van der Waals surface area contributed by atoms with Crippen LogP contribution in [0.5, 0.6) is 5.88 Å². The highest BCUT2D eigenvalue weighted by atomic mass is 32.2. The Kier molecular flexibility index (Phi) is 7.52. The summed E-state index contributed by atoms with van der Waals surface area (Å²) in [4.78, 5) is 25.5. The van der Waals surface area contributed by atoms with Crippen molar-refractivity contribution in [3.8, 4) is 22.8 Å². The van der Waals surface area contributed by atoms with Crippen LogP contribution in [0.4, 0.5) is 24.8 Å². The van der Waals surface area contributed by atoms with Crippen LogP contribution in [0.1, 0.15) is 32.9 Å². The molecule has 15 heteroatoms. The van der Waals surface area contributed by atoms with Crippen LogP contribution in [0.3, 0.4) is 0 Å². The summed E-state index contributed by atoms with van der Waals surface area (Å²) in [6, 6.07) is 7.82. The van der Waals surface area contributed by atoms with Crippen LogP contribution in [0.25, 0.3) is 16.9 Å². The Labute approximate surface area is 227 Å². The number of nitrogens with one attached hydrogen (secondary N) is 2. The molecule has 1 aromatic carbocycles. The van der Waals surface area contributed by atoms with E-state index in [-0.39, 0.29) is 40.0 Å². The molecule has 0 aliphatic heterocycles. The first-order chi connectivity index (χ1) is 18.6. The molecule has 40 heavy (non-hydrogen) atoms. The van der Waals surface area contributed by atoms with Gasteiger partial charge >= 0.3 is 6.18 Å². The monoisotopic (exact) mass is 575 g/mol. The topological polar surface area (TPSA) is 141 Å². The average molecular weight is 576 g/mol. The number of nitrogens with zero attached hydrogens (tertiary/aromatic N) is 5. The minimum atomic E-state index is -4.71. The minimum absolute atomic E-state index is 0.0451. The summed E-state index contributed by atoms with van der Waals surface area (Å²) >= 11 is 0. The van der Waals surface area contributed by atoms with Crippen LogP contribution in [0, 0.1) is 20.8 Å². The molecule has 0 bridgehead atoms. The van der Waals surface area contributed by atoms with Gasteiger partial charge in [0.25, 0.3) is 5.91 Å². The highest BCUT2D eigenvalue weighted by molar-refractivity contribution is 7.89. The van der Waals surface area contributed by atoms with E-state index in [2.05, 4.69) is 25.4 Å². The van der Waals surface area contributed by atoms with E-state index >= 15 is 0 Å². The number of methoxy groups -OCH3 is 1. The zero-order valence-electron chi connectivity index (χ0n) is 22.0. The van der Waals surface area contributed by atoms with Crippen molar-refractivity contribution in [3.63, 3.8) is 0 Å². The number of amides is 1. The summed E-state index contributed by atoms with van der Waals surface area (Å²) in [5.74, 6) is -1.16. The van der Waals surface area contributed by atoms with Gasteiger partial charge in [0.1, 0.15) is 5.56 Å². The molecule has 2 N–H and O–H groups in total. The number of ether oxygens (including phenoxy) is 1. The largest absolute Gasteiger partial charge is 0.480 e. The number of benzene rings is 1. The van der Waals surface area contributed by atoms with E-state index in [0.717, 1.165) is 28.1 Å². The first-order valence-electron chi connectivity index (χ1n) is 11.6. The Morgan fingerprint density at radius 3 is 2.25 bits per heavy atom. The summed E-state index contributed by atoms with van der Waals surface area (Å²) in [6.45, 7) is 5.25. The molecule has 11 nitrogen and oxygen atoms in total. The van der Waals surface area contributed by atoms with E-state index in [9.17, 15) is 26.4 Å². The lowest BCUT2D eigenvalue weighted by Crippen LogP contribution is -2.29. The second kappa shape index (κ2) is 10.6. The van der Waals surface area contributed by atoms with E-state index < -0.39 is 27.8 Å². The molecule has 4 rings (SSSR count). The standard InChI is InChI=1S/C25H24F3N7O4S/c1-13-6-14(2)8-17(7-13)31-24-30-12-19(21(32-24)35-15(3)9-20(33-35)25(26,27)28)16-10-18(23(39-4)29-11-16)22(36)34-40(5,37)38/h6-12H,1-5H3,(H,34,36)(H,30,31,32). The van der Waals surface area contributed by atoms with Crippen molar-refractivity contribution in [1.82, 2.24) is 29.5 Å². The van der Waals surface area contributed by atoms with Crippen molar-refractivity contribution >= 4 is 27.6 Å². The van der Waals surface area contributed by atoms with Gasteiger partial charge in [0.2, 0.25) is 21.9 Å². The number of alkyl halides is 3. The fraction of sp³-hybridized carbons (Fsp3) is 0.240. The number of pyridine rings is 1. The summed E-state index contributed by atoms with van der Waals surface area (Å²) in [5, 5.41) is 6.78. The lowest BCUT2D eigenvalue weighted by atomic mass is 10.1. The van der Waals surface area contributed by atoms with Crippen molar-refractivity contribution in [2.45, 2.75) is 26.9 Å². The SMILES string of the molecule is COc1ncc(-c2cnc(Nc3cc(C)cc(C)c3)nc2-n2nc(C(F)(F)F)cc2C)cc1C(=O)NS(C)(=O)=O. The maximum Gasteiger partial charge on any atom is 0.435 e. The summed E-state index contributed by atoms with van der Waals surface area (Å²) in [6.07, 6.45) is -1.27. The fourth-order valence-electron chi connectivity index (χ4n) is 3.95. The predicted octanol–water partition coefficient (Wildman–Crippen LogP) is 4.11. The normalized spacial score (nSPS) is 11.8. The Bertz CT molecular complexity index is 1700. The molecule has 1 amide bonds. The number of aryl methyl sites for hydroxylation is 3. The molecule has 4 aromatic rings.